The number of Topliss-reactive ketones (excluding diaryl/α,β-unsaturated/α-hetero) is 1. The molecule has 0 saturated heterocycles. The number of hydrogen-bond donors (Lipinski definition) is 1. The number of hydrogen-bond acceptors (Lipinski definition) is 4. The zero-order valence-electron chi connectivity index (χ0n) is 13.6. The van der Waals surface area contributed by atoms with Crippen LogP contribution in [0.5, 0.6) is 0 Å². The van der Waals surface area contributed by atoms with Crippen molar-refractivity contribution in [2.45, 2.75) is 32.2 Å². The van der Waals surface area contributed by atoms with Crippen LogP contribution >= 0.6 is 0 Å². The van der Waals surface area contributed by atoms with Crippen molar-refractivity contribution in [1.82, 2.24) is 10.3 Å². The van der Waals surface area contributed by atoms with Crippen LogP contribution in [0.15, 0.2) is 64.8 Å². The van der Waals surface area contributed by atoms with Crippen LogP contribution in [0.4, 0.5) is 0 Å². The van der Waals surface area contributed by atoms with E-state index in [1.165, 1.54) is 0 Å². The molecule has 2 aromatic rings. The molecule has 4 heteroatoms. The van der Waals surface area contributed by atoms with Crippen LogP contribution in [0.3, 0.4) is 0 Å². The predicted molar refractivity (Wildman–Crippen MR) is 93.7 cm³/mol. The molecule has 0 bridgehead atoms. The van der Waals surface area contributed by atoms with Gasteiger partial charge in [0, 0.05) is 23.4 Å². The first-order valence-electron chi connectivity index (χ1n) is 8.32. The molecule has 1 unspecified atom stereocenters. The van der Waals surface area contributed by atoms with Gasteiger partial charge in [-0.25, -0.2) is 4.98 Å². The molecule has 2 heterocycles. The second-order valence-electron chi connectivity index (χ2n) is 6.25. The number of carbonyl (C=O) groups is 1. The summed E-state index contributed by atoms with van der Waals surface area (Å²) in [5, 5.41) is 3.38. The van der Waals surface area contributed by atoms with E-state index >= 15 is 0 Å². The van der Waals surface area contributed by atoms with Gasteiger partial charge in [0.2, 0.25) is 0 Å². The molecule has 1 N–H and O–H groups in total. The van der Waals surface area contributed by atoms with Gasteiger partial charge in [0.05, 0.1) is 0 Å². The van der Waals surface area contributed by atoms with Gasteiger partial charge in [-0.2, -0.15) is 0 Å². The number of allylic oxidation sites excluding steroid dienone is 1. The minimum absolute atomic E-state index is 0.206. The number of nitrogens with one attached hydrogen (secondary N) is 1. The fourth-order valence-corrected chi connectivity index (χ4v) is 3.36. The maximum absolute atomic E-state index is 12.5. The Morgan fingerprint density at radius 2 is 1.88 bits per heavy atom. The average molecular weight is 317 g/mol. The quantitative estimate of drug-likeness (QED) is 0.922. The van der Waals surface area contributed by atoms with Crippen molar-refractivity contribution >= 4 is 11.6 Å². The molecule has 0 fully saturated rings. The second kappa shape index (κ2) is 6.04. The van der Waals surface area contributed by atoms with Gasteiger partial charge in [-0.15, -0.1) is 0 Å². The number of benzene rings is 1. The highest BCUT2D eigenvalue weighted by Gasteiger charge is 2.33. The summed E-state index contributed by atoms with van der Waals surface area (Å²) in [6.45, 7) is 1.97. The van der Waals surface area contributed by atoms with Crippen molar-refractivity contribution in [3.63, 3.8) is 0 Å². The fourth-order valence-electron chi connectivity index (χ4n) is 3.36. The largest absolute Gasteiger partial charge is 0.342 e. The van der Waals surface area contributed by atoms with E-state index in [2.05, 4.69) is 10.3 Å². The van der Waals surface area contributed by atoms with E-state index in [-0.39, 0.29) is 11.8 Å². The van der Waals surface area contributed by atoms with Crippen LogP contribution in [0.25, 0.3) is 0 Å². The summed E-state index contributed by atoms with van der Waals surface area (Å²) in [7, 11) is 0. The third-order valence-electron chi connectivity index (χ3n) is 4.50. The molecule has 2 aliphatic rings. The summed E-state index contributed by atoms with van der Waals surface area (Å²) in [6, 6.07) is 15.7. The Morgan fingerprint density at radius 1 is 1.04 bits per heavy atom. The van der Waals surface area contributed by atoms with Gasteiger partial charge in [-0.3, -0.25) is 9.79 Å². The van der Waals surface area contributed by atoms with E-state index in [9.17, 15) is 4.79 Å². The summed E-state index contributed by atoms with van der Waals surface area (Å²) in [5.74, 6) is 0.957. The molecule has 120 valence electrons. The Kier molecular flexibility index (Phi) is 3.73. The average Bonchev–Trinajstić information content (AvgIpc) is 2.62. The van der Waals surface area contributed by atoms with Gasteiger partial charge in [-0.05, 0) is 37.5 Å². The van der Waals surface area contributed by atoms with Crippen molar-refractivity contribution in [1.29, 1.82) is 0 Å². The lowest BCUT2D eigenvalue weighted by molar-refractivity contribution is -0.116. The van der Waals surface area contributed by atoms with Crippen LogP contribution in [-0.4, -0.2) is 16.6 Å². The lowest BCUT2D eigenvalue weighted by Crippen LogP contribution is -2.35. The maximum Gasteiger partial charge on any atom is 0.163 e. The highest BCUT2D eigenvalue weighted by molar-refractivity contribution is 6.05. The molecule has 0 saturated carbocycles. The SMILES string of the molecule is Cc1cccc(C2=NC(c3ccccc3)C3=C(CCCC3=O)N2)n1. The Hall–Kier alpha value is -2.75. The smallest absolute Gasteiger partial charge is 0.163 e. The van der Waals surface area contributed by atoms with Crippen LogP contribution in [0.2, 0.25) is 0 Å². The van der Waals surface area contributed by atoms with E-state index in [0.717, 1.165) is 46.9 Å². The topological polar surface area (TPSA) is 54.4 Å². The molecule has 1 aromatic heterocycles. The molecule has 4 rings (SSSR count). The summed E-state index contributed by atoms with van der Waals surface area (Å²) in [4.78, 5) is 22.0. The molecule has 0 spiro atoms. The van der Waals surface area contributed by atoms with Gasteiger partial charge in [0.15, 0.2) is 11.6 Å². The third kappa shape index (κ3) is 2.64. The summed E-state index contributed by atoms with van der Waals surface area (Å²) in [6.07, 6.45) is 2.38. The number of ketones is 1. The van der Waals surface area contributed by atoms with Gasteiger partial charge in [0.25, 0.3) is 0 Å². The number of carbonyl (C=O) groups excluding carboxylic acids is 1. The number of aromatic nitrogens is 1. The molecule has 1 aliphatic carbocycles. The van der Waals surface area contributed by atoms with Crippen LogP contribution < -0.4 is 5.32 Å². The van der Waals surface area contributed by atoms with Gasteiger partial charge < -0.3 is 5.32 Å². The Balaban J connectivity index is 1.83. The van der Waals surface area contributed by atoms with Crippen LogP contribution in [-0.2, 0) is 4.79 Å². The van der Waals surface area contributed by atoms with Gasteiger partial charge in [-0.1, -0.05) is 36.4 Å². The zero-order chi connectivity index (χ0) is 16.5. The lowest BCUT2D eigenvalue weighted by Gasteiger charge is -2.30. The molecule has 1 aromatic carbocycles. The molecule has 0 radical (unpaired) electrons. The maximum atomic E-state index is 12.5. The minimum atomic E-state index is -0.243. The van der Waals surface area contributed by atoms with E-state index in [0.29, 0.717) is 6.42 Å². The molecule has 0 amide bonds. The lowest BCUT2D eigenvalue weighted by atomic mass is 9.85. The van der Waals surface area contributed by atoms with Gasteiger partial charge >= 0.3 is 0 Å². The van der Waals surface area contributed by atoms with E-state index in [1.807, 2.05) is 55.5 Å². The second-order valence-corrected chi connectivity index (χ2v) is 6.25. The van der Waals surface area contributed by atoms with Crippen molar-refractivity contribution in [3.8, 4) is 0 Å². The van der Waals surface area contributed by atoms with Crippen molar-refractivity contribution in [2.24, 2.45) is 4.99 Å². The third-order valence-corrected chi connectivity index (χ3v) is 4.50. The molecule has 1 aliphatic heterocycles. The number of amidine groups is 1. The highest BCUT2D eigenvalue weighted by atomic mass is 16.1. The van der Waals surface area contributed by atoms with Gasteiger partial charge in [0.1, 0.15) is 11.7 Å². The summed E-state index contributed by atoms with van der Waals surface area (Å²) >= 11 is 0. The van der Waals surface area contributed by atoms with Crippen LogP contribution in [0, 0.1) is 6.92 Å². The van der Waals surface area contributed by atoms with Crippen LogP contribution in [0.1, 0.15) is 42.3 Å². The van der Waals surface area contributed by atoms with E-state index in [4.69, 9.17) is 4.99 Å². The molecule has 4 nitrogen and oxygen atoms in total. The van der Waals surface area contributed by atoms with Crippen molar-refractivity contribution in [2.75, 3.05) is 0 Å². The Bertz CT molecular complexity index is 852. The van der Waals surface area contributed by atoms with Crippen molar-refractivity contribution in [3.05, 3.63) is 76.8 Å². The molecular formula is C20H19N3O. The summed E-state index contributed by atoms with van der Waals surface area (Å²) < 4.78 is 0. The Morgan fingerprint density at radius 3 is 2.67 bits per heavy atom. The Labute approximate surface area is 141 Å². The first-order chi connectivity index (χ1) is 11.7. The standard InChI is InChI=1S/C20H19N3O/c1-13-7-5-11-16(21-13)20-22-15-10-6-12-17(24)18(15)19(23-20)14-8-3-2-4-9-14/h2-5,7-9,11,19H,6,10,12H2,1H3,(H,22,23). The number of rotatable bonds is 2. The number of pyridine rings is 1. The molecular weight excluding hydrogens is 298 g/mol. The van der Waals surface area contributed by atoms with E-state index in [1.54, 1.807) is 0 Å². The normalized spacial score (nSPS) is 20.3. The predicted octanol–water partition coefficient (Wildman–Crippen LogP) is 3.49. The summed E-state index contributed by atoms with van der Waals surface area (Å²) in [5.41, 5.74) is 4.65. The van der Waals surface area contributed by atoms with Crippen molar-refractivity contribution < 1.29 is 4.79 Å². The first-order valence-corrected chi connectivity index (χ1v) is 8.32. The number of aliphatic imine (C=N–C) groups is 1. The fraction of sp³-hybridized carbons (Fsp3) is 0.250. The minimum Gasteiger partial charge on any atom is -0.342 e. The zero-order valence-corrected chi connectivity index (χ0v) is 13.6. The van der Waals surface area contributed by atoms with E-state index < -0.39 is 0 Å². The first kappa shape index (κ1) is 14.8. The molecule has 1 atom stereocenters. The highest BCUT2D eigenvalue weighted by Crippen LogP contribution is 2.36. The monoisotopic (exact) mass is 317 g/mol. The molecule has 24 heavy (non-hydrogen) atoms. The number of nitrogens with zero attached hydrogens (tertiary/aromatic N) is 2. The number of aryl methyl sites for hydroxylation is 1.